The number of nitrogens with two attached hydrogens (primary N) is 2. The van der Waals surface area contributed by atoms with Gasteiger partial charge in [-0.3, -0.25) is 15.0 Å². The normalized spacial score (nSPS) is 10.8. The van der Waals surface area contributed by atoms with E-state index in [4.69, 9.17) is 26.7 Å². The fourth-order valence-electron chi connectivity index (χ4n) is 2.74. The number of aliphatic carboxylic acids is 1. The fraction of sp³-hybridized carbons (Fsp3) is 0.346. The van der Waals surface area contributed by atoms with Gasteiger partial charge in [0.15, 0.2) is 0 Å². The van der Waals surface area contributed by atoms with Gasteiger partial charge in [0, 0.05) is 18.4 Å². The van der Waals surface area contributed by atoms with Crippen molar-refractivity contribution in [1.29, 1.82) is 5.41 Å². The topological polar surface area (TPSA) is 186 Å². The Morgan fingerprint density at radius 3 is 1.94 bits per heavy atom. The molecule has 2 rings (SSSR count). The van der Waals surface area contributed by atoms with E-state index in [1.807, 2.05) is 0 Å². The van der Waals surface area contributed by atoms with E-state index in [0.29, 0.717) is 23.3 Å². The number of ether oxygens (including phenoxy) is 1. The van der Waals surface area contributed by atoms with Gasteiger partial charge in [-0.25, -0.2) is 9.59 Å². The van der Waals surface area contributed by atoms with Crippen LogP contribution in [0.3, 0.4) is 0 Å². The summed E-state index contributed by atoms with van der Waals surface area (Å²) in [7, 11) is 0. The molecule has 36 heavy (non-hydrogen) atoms. The van der Waals surface area contributed by atoms with Crippen molar-refractivity contribution in [3.05, 3.63) is 65.2 Å². The van der Waals surface area contributed by atoms with Gasteiger partial charge in [0.2, 0.25) is 11.8 Å². The third-order valence-electron chi connectivity index (χ3n) is 5.02. The summed E-state index contributed by atoms with van der Waals surface area (Å²) in [5.41, 5.74) is 12.0. The smallest absolute Gasteiger partial charge is 0.343 e. The Morgan fingerprint density at radius 1 is 0.917 bits per heavy atom. The van der Waals surface area contributed by atoms with Crippen molar-refractivity contribution < 1.29 is 29.0 Å². The number of esters is 1. The van der Waals surface area contributed by atoms with Crippen LogP contribution in [0.4, 0.5) is 0 Å². The maximum Gasteiger partial charge on any atom is 0.343 e. The molecule has 7 N–H and O–H groups in total. The third kappa shape index (κ3) is 11.3. The first-order chi connectivity index (χ1) is 17.1. The van der Waals surface area contributed by atoms with Gasteiger partial charge in [0.05, 0.1) is 5.56 Å². The molecular weight excluding hydrogens is 464 g/mol. The summed E-state index contributed by atoms with van der Waals surface area (Å²) >= 11 is 0. The van der Waals surface area contributed by atoms with Crippen LogP contribution in [0.25, 0.3) is 0 Å². The minimum Gasteiger partial charge on any atom is -0.480 e. The monoisotopic (exact) mass is 498 g/mol. The molecule has 0 bridgehead atoms. The molecule has 0 radical (unpaired) electrons. The Morgan fingerprint density at radius 2 is 1.47 bits per heavy atom. The lowest BCUT2D eigenvalue weighted by molar-refractivity contribution is -0.142. The van der Waals surface area contributed by atoms with E-state index >= 15 is 0 Å². The highest BCUT2D eigenvalue weighted by Crippen LogP contribution is 2.15. The zero-order valence-electron chi connectivity index (χ0n) is 20.6. The van der Waals surface area contributed by atoms with Crippen LogP contribution in [0.2, 0.25) is 0 Å². The van der Waals surface area contributed by atoms with Gasteiger partial charge in [-0.1, -0.05) is 38.8 Å². The van der Waals surface area contributed by atoms with Gasteiger partial charge in [-0.2, -0.15) is 0 Å². The van der Waals surface area contributed by atoms with Crippen molar-refractivity contribution >= 4 is 29.6 Å². The molecule has 0 fully saturated rings. The number of unbranched alkanes of at least 4 members (excludes halogenated alkanes) is 1. The Hall–Kier alpha value is -4.21. The summed E-state index contributed by atoms with van der Waals surface area (Å²) in [6.45, 7) is 4.36. The van der Waals surface area contributed by atoms with Gasteiger partial charge in [0.25, 0.3) is 0 Å². The van der Waals surface area contributed by atoms with Gasteiger partial charge in [-0.15, -0.1) is 0 Å². The van der Waals surface area contributed by atoms with E-state index in [1.165, 1.54) is 25.0 Å². The first kappa shape index (κ1) is 29.8. The van der Waals surface area contributed by atoms with Crippen LogP contribution in [-0.4, -0.2) is 40.7 Å². The maximum atomic E-state index is 12.3. The average Bonchev–Trinajstić information content (AvgIpc) is 2.85. The Labute approximate surface area is 210 Å². The second-order valence-electron chi connectivity index (χ2n) is 7.99. The quantitative estimate of drug-likeness (QED) is 0.129. The van der Waals surface area contributed by atoms with E-state index in [9.17, 15) is 19.2 Å². The number of carbonyl (C=O) groups is 4. The number of primary amides is 1. The molecule has 0 aromatic heterocycles. The number of aryl methyl sites for hydroxylation is 1. The number of hydrogen-bond acceptors (Lipinski definition) is 6. The van der Waals surface area contributed by atoms with Crippen molar-refractivity contribution in [2.24, 2.45) is 11.5 Å². The molecule has 0 unspecified atom stereocenters. The summed E-state index contributed by atoms with van der Waals surface area (Å²) in [5.74, 6) is -2.69. The second kappa shape index (κ2) is 15.6. The van der Waals surface area contributed by atoms with Crippen LogP contribution >= 0.6 is 0 Å². The minimum atomic E-state index is -1.24. The fourth-order valence-corrected chi connectivity index (χ4v) is 2.74. The van der Waals surface area contributed by atoms with E-state index in [-0.39, 0.29) is 25.1 Å². The summed E-state index contributed by atoms with van der Waals surface area (Å²) in [5, 5.41) is 18.8. The lowest BCUT2D eigenvalue weighted by atomic mass is 10.1. The van der Waals surface area contributed by atoms with Crippen LogP contribution in [0, 0.1) is 5.41 Å². The average molecular weight is 499 g/mol. The highest BCUT2D eigenvalue weighted by atomic mass is 16.5. The number of rotatable bonds is 12. The summed E-state index contributed by atoms with van der Waals surface area (Å²) in [6.07, 6.45) is 2.78. The number of carboxylic acids is 1. The summed E-state index contributed by atoms with van der Waals surface area (Å²) in [4.78, 5) is 46.3. The third-order valence-corrected chi connectivity index (χ3v) is 5.02. The Balaban J connectivity index is 0.00000150. The molecule has 10 heteroatoms. The first-order valence-corrected chi connectivity index (χ1v) is 11.6. The van der Waals surface area contributed by atoms with Crippen molar-refractivity contribution in [1.82, 2.24) is 5.32 Å². The highest BCUT2D eigenvalue weighted by molar-refractivity contribution is 5.95. The molecule has 0 aliphatic carbocycles. The number of benzene rings is 2. The minimum absolute atomic E-state index is 0.0344. The molecule has 0 aliphatic rings. The molecule has 2 amide bonds. The Bertz CT molecular complexity index is 1030. The SMILES string of the molecule is CCCC.N=C(N)c1ccc(OC(=O)c2ccc(CCC(=O)N[C@@H](CCC(N)=O)C(=O)O)cc2)cc1. The Kier molecular flexibility index (Phi) is 13.0. The van der Waals surface area contributed by atoms with Gasteiger partial charge >= 0.3 is 11.9 Å². The van der Waals surface area contributed by atoms with Crippen LogP contribution in [0.15, 0.2) is 48.5 Å². The number of nitrogen functional groups attached to an aromatic ring is 1. The number of carbonyl (C=O) groups excluding carboxylic acids is 3. The zero-order valence-corrected chi connectivity index (χ0v) is 20.6. The molecule has 194 valence electrons. The molecule has 10 nitrogen and oxygen atoms in total. The van der Waals surface area contributed by atoms with Gasteiger partial charge in [0.1, 0.15) is 17.6 Å². The number of carboxylic acid groups (broad SMARTS) is 1. The molecule has 2 aromatic rings. The van der Waals surface area contributed by atoms with Gasteiger partial charge < -0.3 is 26.6 Å². The molecule has 0 spiro atoms. The standard InChI is InChI=1S/C22H24N4O6.C4H10/c23-18(27)11-10-17(21(29)30)26-19(28)12-3-13-1-4-15(5-2-13)22(31)32-16-8-6-14(7-9-16)20(24)25;1-3-4-2/h1-2,4-9,17H,3,10-12H2,(H2,23,27)(H3,24,25)(H,26,28)(H,29,30);3-4H2,1-2H3/t17-;/m0./s1. The molecular formula is C26H34N4O6. The van der Waals surface area contributed by atoms with Crippen LogP contribution in [0.1, 0.15) is 67.4 Å². The number of hydrogen-bond donors (Lipinski definition) is 5. The predicted octanol–water partition coefficient (Wildman–Crippen LogP) is 2.76. The van der Waals surface area contributed by atoms with Crippen LogP contribution in [-0.2, 0) is 20.8 Å². The largest absolute Gasteiger partial charge is 0.480 e. The molecule has 2 aromatic carbocycles. The summed E-state index contributed by atoms with van der Waals surface area (Å²) < 4.78 is 5.28. The number of amides is 2. The second-order valence-corrected chi connectivity index (χ2v) is 7.99. The van der Waals surface area contributed by atoms with E-state index < -0.39 is 29.8 Å². The molecule has 0 heterocycles. The zero-order chi connectivity index (χ0) is 27.1. The van der Waals surface area contributed by atoms with Crippen molar-refractivity contribution in [2.75, 3.05) is 0 Å². The summed E-state index contributed by atoms with van der Waals surface area (Å²) in [6, 6.07) is 11.5. The van der Waals surface area contributed by atoms with E-state index in [2.05, 4.69) is 19.2 Å². The number of amidine groups is 1. The molecule has 0 aliphatic heterocycles. The lowest BCUT2D eigenvalue weighted by Gasteiger charge is -2.13. The lowest BCUT2D eigenvalue weighted by Crippen LogP contribution is -2.41. The predicted molar refractivity (Wildman–Crippen MR) is 136 cm³/mol. The number of nitrogens with one attached hydrogen (secondary N) is 2. The van der Waals surface area contributed by atoms with Crippen molar-refractivity contribution in [3.8, 4) is 5.75 Å². The van der Waals surface area contributed by atoms with Crippen molar-refractivity contribution in [2.45, 2.75) is 58.4 Å². The van der Waals surface area contributed by atoms with E-state index in [0.717, 1.165) is 5.56 Å². The maximum absolute atomic E-state index is 12.3. The van der Waals surface area contributed by atoms with E-state index in [1.54, 1.807) is 36.4 Å². The van der Waals surface area contributed by atoms with Crippen LogP contribution in [0.5, 0.6) is 5.75 Å². The first-order valence-electron chi connectivity index (χ1n) is 11.6. The van der Waals surface area contributed by atoms with Crippen molar-refractivity contribution in [3.63, 3.8) is 0 Å². The molecule has 0 saturated heterocycles. The molecule has 0 saturated carbocycles. The van der Waals surface area contributed by atoms with Gasteiger partial charge in [-0.05, 0) is 54.8 Å². The van der Waals surface area contributed by atoms with Crippen LogP contribution < -0.4 is 21.5 Å². The molecule has 1 atom stereocenters. The highest BCUT2D eigenvalue weighted by Gasteiger charge is 2.20.